The first-order valence-electron chi connectivity index (χ1n) is 5.36. The molecule has 1 aromatic rings. The van der Waals surface area contributed by atoms with Crippen LogP contribution in [-0.2, 0) is 0 Å². The molecule has 0 atom stereocenters. The monoisotopic (exact) mass is 219 g/mol. The second-order valence-corrected chi connectivity index (χ2v) is 3.78. The van der Waals surface area contributed by atoms with Crippen LogP contribution in [0.5, 0.6) is 6.01 Å². The van der Waals surface area contributed by atoms with Crippen molar-refractivity contribution in [2.45, 2.75) is 37.8 Å². The molecule has 84 valence electrons. The number of hydrogen-bond donors (Lipinski definition) is 0. The smallest absolute Gasteiger partial charge is 0.316 e. The first-order chi connectivity index (χ1) is 7.88. The summed E-state index contributed by atoms with van der Waals surface area (Å²) in [6.07, 6.45) is 7.00. The Morgan fingerprint density at radius 3 is 2.56 bits per heavy atom. The molecule has 1 saturated carbocycles. The number of aromatic nitrogens is 2. The minimum absolute atomic E-state index is 0.126. The number of ether oxygens (including phenoxy) is 1. The third-order valence-corrected chi connectivity index (χ3v) is 2.67. The van der Waals surface area contributed by atoms with Gasteiger partial charge in [0.15, 0.2) is 0 Å². The molecule has 1 aliphatic carbocycles. The minimum atomic E-state index is 0.126. The van der Waals surface area contributed by atoms with Gasteiger partial charge in [-0.1, -0.05) is 5.11 Å². The lowest BCUT2D eigenvalue weighted by Gasteiger charge is -2.25. The molecule has 0 amide bonds. The molecule has 6 nitrogen and oxygen atoms in total. The summed E-state index contributed by atoms with van der Waals surface area (Å²) in [6, 6.07) is 2.31. The van der Waals surface area contributed by atoms with Gasteiger partial charge in [-0.15, -0.1) is 0 Å². The zero-order valence-corrected chi connectivity index (χ0v) is 8.86. The lowest BCUT2D eigenvalue weighted by Crippen LogP contribution is -2.26. The summed E-state index contributed by atoms with van der Waals surface area (Å²) >= 11 is 0. The van der Waals surface area contributed by atoms with Crippen molar-refractivity contribution in [3.8, 4) is 6.01 Å². The van der Waals surface area contributed by atoms with E-state index < -0.39 is 0 Å². The van der Waals surface area contributed by atoms with Gasteiger partial charge >= 0.3 is 6.01 Å². The fourth-order valence-electron chi connectivity index (χ4n) is 1.85. The molecule has 1 aromatic heterocycles. The number of rotatable bonds is 3. The molecule has 0 saturated heterocycles. The van der Waals surface area contributed by atoms with E-state index in [9.17, 15) is 0 Å². The molecular weight excluding hydrogens is 206 g/mol. The van der Waals surface area contributed by atoms with Crippen LogP contribution in [0, 0.1) is 0 Å². The molecule has 0 unspecified atom stereocenters. The van der Waals surface area contributed by atoms with E-state index in [1.165, 1.54) is 0 Å². The van der Waals surface area contributed by atoms with Crippen molar-refractivity contribution in [1.82, 2.24) is 9.97 Å². The third kappa shape index (κ3) is 2.84. The molecule has 2 rings (SSSR count). The Labute approximate surface area is 93.3 Å². The first-order valence-corrected chi connectivity index (χ1v) is 5.36. The maximum atomic E-state index is 8.33. The van der Waals surface area contributed by atoms with E-state index in [1.54, 1.807) is 18.5 Å². The summed E-state index contributed by atoms with van der Waals surface area (Å²) in [5, 5.41) is 3.72. The fourth-order valence-corrected chi connectivity index (χ4v) is 1.85. The summed E-state index contributed by atoms with van der Waals surface area (Å²) < 4.78 is 5.62. The molecular formula is C10H13N5O. The van der Waals surface area contributed by atoms with E-state index in [1.807, 2.05) is 0 Å². The predicted octanol–water partition coefficient (Wildman–Crippen LogP) is 2.48. The molecule has 6 heteroatoms. The van der Waals surface area contributed by atoms with Gasteiger partial charge in [0.25, 0.3) is 0 Å². The van der Waals surface area contributed by atoms with Crippen molar-refractivity contribution in [2.75, 3.05) is 0 Å². The molecule has 0 bridgehead atoms. The predicted molar refractivity (Wildman–Crippen MR) is 57.9 cm³/mol. The fraction of sp³-hybridized carbons (Fsp3) is 0.600. The third-order valence-electron chi connectivity index (χ3n) is 2.67. The van der Waals surface area contributed by atoms with Gasteiger partial charge in [0.2, 0.25) is 0 Å². The lowest BCUT2D eigenvalue weighted by atomic mass is 9.94. The molecule has 0 aromatic carbocycles. The standard InChI is InChI=1S/C10H13N5O/c11-15-14-8-2-4-9(5-3-8)16-10-12-6-1-7-13-10/h1,6-9H,2-5H2. The van der Waals surface area contributed by atoms with Crippen LogP contribution in [0.3, 0.4) is 0 Å². The highest BCUT2D eigenvalue weighted by atomic mass is 16.5. The van der Waals surface area contributed by atoms with E-state index in [0.717, 1.165) is 25.7 Å². The van der Waals surface area contributed by atoms with Crippen LogP contribution < -0.4 is 4.74 Å². The quantitative estimate of drug-likeness (QED) is 0.444. The molecule has 1 aliphatic rings. The minimum Gasteiger partial charge on any atom is -0.460 e. The van der Waals surface area contributed by atoms with Crippen LogP contribution in [0.15, 0.2) is 23.6 Å². The van der Waals surface area contributed by atoms with Gasteiger partial charge in [-0.25, -0.2) is 9.97 Å². The average Bonchev–Trinajstić information content (AvgIpc) is 2.33. The zero-order valence-electron chi connectivity index (χ0n) is 8.86. The van der Waals surface area contributed by atoms with E-state index in [2.05, 4.69) is 20.0 Å². The molecule has 0 radical (unpaired) electrons. The summed E-state index contributed by atoms with van der Waals surface area (Å²) in [5.41, 5.74) is 8.33. The van der Waals surface area contributed by atoms with Gasteiger partial charge < -0.3 is 4.74 Å². The highest BCUT2D eigenvalue weighted by Crippen LogP contribution is 2.23. The average molecular weight is 219 g/mol. The Hall–Kier alpha value is -1.81. The highest BCUT2D eigenvalue weighted by Gasteiger charge is 2.21. The first kappa shape index (κ1) is 10.7. The van der Waals surface area contributed by atoms with E-state index >= 15 is 0 Å². The van der Waals surface area contributed by atoms with Crippen LogP contribution >= 0.6 is 0 Å². The summed E-state index contributed by atoms with van der Waals surface area (Å²) in [4.78, 5) is 10.9. The number of azide groups is 1. The van der Waals surface area contributed by atoms with Crippen LogP contribution in [0.1, 0.15) is 25.7 Å². The Morgan fingerprint density at radius 1 is 1.25 bits per heavy atom. The molecule has 0 N–H and O–H groups in total. The second kappa shape index (κ2) is 5.32. The molecule has 1 fully saturated rings. The SMILES string of the molecule is [N-]=[N+]=NC1CCC(Oc2ncccn2)CC1. The van der Waals surface area contributed by atoms with Crippen molar-refractivity contribution < 1.29 is 4.74 Å². The van der Waals surface area contributed by atoms with Crippen molar-refractivity contribution in [2.24, 2.45) is 5.11 Å². The van der Waals surface area contributed by atoms with Crippen molar-refractivity contribution in [3.05, 3.63) is 28.9 Å². The topological polar surface area (TPSA) is 83.8 Å². The Morgan fingerprint density at radius 2 is 1.94 bits per heavy atom. The largest absolute Gasteiger partial charge is 0.460 e. The Kier molecular flexibility index (Phi) is 3.56. The van der Waals surface area contributed by atoms with E-state index in [0.29, 0.717) is 6.01 Å². The molecule has 0 spiro atoms. The number of nitrogens with zero attached hydrogens (tertiary/aromatic N) is 5. The van der Waals surface area contributed by atoms with E-state index in [4.69, 9.17) is 10.3 Å². The highest BCUT2D eigenvalue weighted by molar-refractivity contribution is 4.95. The summed E-state index contributed by atoms with van der Waals surface area (Å²) in [7, 11) is 0. The lowest BCUT2D eigenvalue weighted by molar-refractivity contribution is 0.135. The van der Waals surface area contributed by atoms with Crippen LogP contribution in [-0.4, -0.2) is 22.1 Å². The van der Waals surface area contributed by atoms with Gasteiger partial charge in [-0.3, -0.25) is 0 Å². The van der Waals surface area contributed by atoms with Crippen molar-refractivity contribution in [3.63, 3.8) is 0 Å². The molecule has 16 heavy (non-hydrogen) atoms. The van der Waals surface area contributed by atoms with Gasteiger partial charge in [0.05, 0.1) is 0 Å². The summed E-state index contributed by atoms with van der Waals surface area (Å²) in [6.45, 7) is 0. The zero-order chi connectivity index (χ0) is 11.2. The molecule has 0 aliphatic heterocycles. The maximum Gasteiger partial charge on any atom is 0.316 e. The Bertz CT molecular complexity index is 368. The van der Waals surface area contributed by atoms with Gasteiger partial charge in [-0.05, 0) is 37.3 Å². The van der Waals surface area contributed by atoms with Gasteiger partial charge in [0.1, 0.15) is 6.10 Å². The molecule has 1 heterocycles. The van der Waals surface area contributed by atoms with Gasteiger partial charge in [-0.2, -0.15) is 0 Å². The van der Waals surface area contributed by atoms with Crippen molar-refractivity contribution in [1.29, 1.82) is 0 Å². The maximum absolute atomic E-state index is 8.33. The van der Waals surface area contributed by atoms with Crippen LogP contribution in [0.25, 0.3) is 10.4 Å². The van der Waals surface area contributed by atoms with E-state index in [-0.39, 0.29) is 12.1 Å². The van der Waals surface area contributed by atoms with Crippen molar-refractivity contribution >= 4 is 0 Å². The normalized spacial score (nSPS) is 24.5. The summed E-state index contributed by atoms with van der Waals surface area (Å²) in [5.74, 6) is 0. The van der Waals surface area contributed by atoms with Crippen LogP contribution in [0.2, 0.25) is 0 Å². The van der Waals surface area contributed by atoms with Crippen LogP contribution in [0.4, 0.5) is 0 Å². The van der Waals surface area contributed by atoms with Gasteiger partial charge in [0, 0.05) is 23.3 Å². The second-order valence-electron chi connectivity index (χ2n) is 3.78. The number of hydrogen-bond acceptors (Lipinski definition) is 4. The Balaban J connectivity index is 1.84.